The fourth-order valence-electron chi connectivity index (χ4n) is 2.50. The summed E-state index contributed by atoms with van der Waals surface area (Å²) in [5, 5.41) is 30.6. The predicted octanol–water partition coefficient (Wildman–Crippen LogP) is -2.15. The first-order valence-electron chi connectivity index (χ1n) is 6.08. The first-order valence-corrected chi connectivity index (χ1v) is 6.08. The molecule has 0 aromatic carbocycles. The zero-order valence-electron chi connectivity index (χ0n) is 9.81. The molecular weight excluding hydrogens is 236 g/mol. The van der Waals surface area contributed by atoms with Crippen molar-refractivity contribution in [2.45, 2.75) is 37.4 Å². The Morgan fingerprint density at radius 2 is 2.06 bits per heavy atom. The molecule has 6 nitrogen and oxygen atoms in total. The number of aliphatic hydroxyl groups is 3. The van der Waals surface area contributed by atoms with E-state index in [4.69, 9.17) is 9.84 Å². The lowest BCUT2D eigenvalue weighted by Crippen LogP contribution is -2.38. The van der Waals surface area contributed by atoms with Gasteiger partial charge in [0.05, 0.1) is 23.6 Å². The molecule has 0 unspecified atom stereocenters. The van der Waals surface area contributed by atoms with Crippen LogP contribution in [0.3, 0.4) is 0 Å². The van der Waals surface area contributed by atoms with Crippen LogP contribution in [-0.4, -0.2) is 49.8 Å². The van der Waals surface area contributed by atoms with Crippen LogP contribution in [0.5, 0.6) is 0 Å². The van der Waals surface area contributed by atoms with Gasteiger partial charge in [-0.1, -0.05) is 12.2 Å². The second-order valence-electron chi connectivity index (χ2n) is 4.64. The summed E-state index contributed by atoms with van der Waals surface area (Å²) in [6.07, 6.45) is 3.97. The average Bonchev–Trinajstić information content (AvgIpc) is 2.93. The average molecular weight is 252 g/mol. The van der Waals surface area contributed by atoms with Gasteiger partial charge < -0.3 is 24.6 Å². The van der Waals surface area contributed by atoms with E-state index in [2.05, 4.69) is 4.98 Å². The van der Waals surface area contributed by atoms with Crippen LogP contribution >= 0.6 is 0 Å². The maximum Gasteiger partial charge on any atom is 0.164 e. The van der Waals surface area contributed by atoms with Gasteiger partial charge in [-0.15, -0.1) is 0 Å². The van der Waals surface area contributed by atoms with Crippen molar-refractivity contribution in [1.82, 2.24) is 9.55 Å². The zero-order valence-corrected chi connectivity index (χ0v) is 9.81. The molecule has 1 aromatic rings. The van der Waals surface area contributed by atoms with Crippen molar-refractivity contribution in [2.75, 3.05) is 6.61 Å². The van der Waals surface area contributed by atoms with Crippen molar-refractivity contribution in [3.8, 4) is 0 Å². The number of imidazole rings is 1. The zero-order chi connectivity index (χ0) is 12.7. The van der Waals surface area contributed by atoms with Crippen LogP contribution in [0.15, 0.2) is 6.33 Å². The van der Waals surface area contributed by atoms with Crippen LogP contribution in [0.25, 0.3) is 12.2 Å². The fraction of sp³-hybridized carbons (Fsp3) is 0.583. The molecule has 0 bridgehead atoms. The minimum absolute atomic E-state index is 0.318. The smallest absolute Gasteiger partial charge is 0.164 e. The second-order valence-corrected chi connectivity index (χ2v) is 4.64. The van der Waals surface area contributed by atoms with Crippen molar-refractivity contribution in [3.63, 3.8) is 0 Å². The monoisotopic (exact) mass is 252 g/mol. The summed E-state index contributed by atoms with van der Waals surface area (Å²) in [5.41, 5.74) is 0. The van der Waals surface area contributed by atoms with E-state index in [1.54, 1.807) is 10.9 Å². The van der Waals surface area contributed by atoms with Gasteiger partial charge in [-0.2, -0.15) is 0 Å². The van der Waals surface area contributed by atoms with E-state index < -0.39 is 24.5 Å². The van der Waals surface area contributed by atoms with Crippen molar-refractivity contribution in [3.05, 3.63) is 17.0 Å². The molecule has 0 saturated carbocycles. The quantitative estimate of drug-likeness (QED) is 0.558. The maximum atomic E-state index is 9.97. The molecule has 1 aromatic heterocycles. The van der Waals surface area contributed by atoms with Crippen molar-refractivity contribution < 1.29 is 20.1 Å². The van der Waals surface area contributed by atoms with Gasteiger partial charge in [-0.25, -0.2) is 4.98 Å². The molecule has 1 saturated heterocycles. The van der Waals surface area contributed by atoms with Crippen molar-refractivity contribution in [1.29, 1.82) is 0 Å². The molecule has 2 heterocycles. The Labute approximate surface area is 103 Å². The van der Waals surface area contributed by atoms with E-state index in [-0.39, 0.29) is 6.61 Å². The summed E-state index contributed by atoms with van der Waals surface area (Å²) in [6, 6.07) is 0. The number of fused-ring (bicyclic) bond motifs is 1. The topological polar surface area (TPSA) is 87.7 Å². The number of ether oxygens (including phenoxy) is 1. The lowest BCUT2D eigenvalue weighted by atomic mass is 10.1. The van der Waals surface area contributed by atoms with E-state index in [1.807, 2.05) is 12.2 Å². The Morgan fingerprint density at radius 3 is 2.78 bits per heavy atom. The summed E-state index contributed by atoms with van der Waals surface area (Å²) in [7, 11) is 0. The van der Waals surface area contributed by atoms with Gasteiger partial charge in [-0.3, -0.25) is 0 Å². The standard InChI is InChI=1S/C12H16N2O4/c15-5-9-10(16)11(17)12(18-9)14-6-13-7-3-1-2-4-8(7)14/h3-4,6,9-12,15-17H,1-2,5H2/t9-,10-,11-,12-/m1/s1. The Balaban J connectivity index is 2.00. The number of nitrogens with zero attached hydrogens (tertiary/aromatic N) is 2. The number of rotatable bonds is 2. The van der Waals surface area contributed by atoms with Crippen molar-refractivity contribution in [2.24, 2.45) is 0 Å². The van der Waals surface area contributed by atoms with Crippen LogP contribution < -0.4 is 10.7 Å². The van der Waals surface area contributed by atoms with Crippen molar-refractivity contribution >= 4 is 12.2 Å². The van der Waals surface area contributed by atoms with Gasteiger partial charge in [0.2, 0.25) is 0 Å². The molecule has 18 heavy (non-hydrogen) atoms. The molecule has 3 N–H and O–H groups in total. The molecule has 1 fully saturated rings. The van der Waals surface area contributed by atoms with E-state index >= 15 is 0 Å². The highest BCUT2D eigenvalue weighted by Crippen LogP contribution is 2.27. The molecule has 98 valence electrons. The summed E-state index contributed by atoms with van der Waals surface area (Å²) in [4.78, 5) is 4.25. The minimum atomic E-state index is -1.08. The molecule has 2 aliphatic rings. The SMILES string of the molecule is OC[C@H]1O[C@@H](n2cnc3c2=CCCC=3)[C@H](O)[C@@H]1O. The van der Waals surface area contributed by atoms with Gasteiger partial charge in [0.1, 0.15) is 18.3 Å². The Kier molecular flexibility index (Phi) is 2.95. The summed E-state index contributed by atoms with van der Waals surface area (Å²) in [6.45, 7) is -0.318. The number of aromatic nitrogens is 2. The lowest BCUT2D eigenvalue weighted by Gasteiger charge is -2.16. The first-order chi connectivity index (χ1) is 8.72. The van der Waals surface area contributed by atoms with Crippen LogP contribution in [0.4, 0.5) is 0 Å². The Hall–Kier alpha value is -1.21. The Bertz CT molecular complexity index is 553. The summed E-state index contributed by atoms with van der Waals surface area (Å²) >= 11 is 0. The molecule has 3 rings (SSSR count). The number of hydrogen-bond donors (Lipinski definition) is 3. The lowest BCUT2D eigenvalue weighted by molar-refractivity contribution is -0.0540. The highest BCUT2D eigenvalue weighted by molar-refractivity contribution is 5.33. The van der Waals surface area contributed by atoms with Gasteiger partial charge in [-0.05, 0) is 12.8 Å². The van der Waals surface area contributed by atoms with Crippen LogP contribution in [0.2, 0.25) is 0 Å². The van der Waals surface area contributed by atoms with Crippen LogP contribution in [-0.2, 0) is 4.74 Å². The number of hydrogen-bond acceptors (Lipinski definition) is 5. The van der Waals surface area contributed by atoms with E-state index in [9.17, 15) is 10.2 Å². The second kappa shape index (κ2) is 4.47. The fourth-order valence-corrected chi connectivity index (χ4v) is 2.50. The van der Waals surface area contributed by atoms with E-state index in [0.717, 1.165) is 23.5 Å². The van der Waals surface area contributed by atoms with Gasteiger partial charge >= 0.3 is 0 Å². The van der Waals surface area contributed by atoms with Crippen LogP contribution in [0, 0.1) is 0 Å². The summed E-state index contributed by atoms with van der Waals surface area (Å²) in [5.74, 6) is 0. The van der Waals surface area contributed by atoms with Crippen LogP contribution in [0.1, 0.15) is 19.1 Å². The third-order valence-corrected chi connectivity index (χ3v) is 3.50. The maximum absolute atomic E-state index is 9.97. The minimum Gasteiger partial charge on any atom is -0.394 e. The highest BCUT2D eigenvalue weighted by atomic mass is 16.6. The number of aliphatic hydroxyl groups excluding tert-OH is 3. The molecule has 4 atom stereocenters. The Morgan fingerprint density at radius 1 is 1.28 bits per heavy atom. The third-order valence-electron chi connectivity index (χ3n) is 3.50. The van der Waals surface area contributed by atoms with E-state index in [1.165, 1.54) is 0 Å². The molecule has 1 aliphatic carbocycles. The van der Waals surface area contributed by atoms with Gasteiger partial charge in [0.15, 0.2) is 6.23 Å². The predicted molar refractivity (Wildman–Crippen MR) is 62.7 cm³/mol. The summed E-state index contributed by atoms with van der Waals surface area (Å²) < 4.78 is 7.20. The van der Waals surface area contributed by atoms with E-state index in [0.29, 0.717) is 0 Å². The molecule has 0 amide bonds. The normalized spacial score (nSPS) is 34.8. The third kappa shape index (κ3) is 1.69. The molecule has 1 aliphatic heterocycles. The van der Waals surface area contributed by atoms with Gasteiger partial charge in [0, 0.05) is 0 Å². The molecule has 0 radical (unpaired) electrons. The molecule has 6 heteroatoms. The largest absolute Gasteiger partial charge is 0.394 e. The molecular formula is C12H16N2O4. The first kappa shape index (κ1) is 11.9. The van der Waals surface area contributed by atoms with Gasteiger partial charge in [0.25, 0.3) is 0 Å². The molecule has 0 spiro atoms. The highest BCUT2D eigenvalue weighted by Gasteiger charge is 2.43.